The van der Waals surface area contributed by atoms with Gasteiger partial charge in [-0.2, -0.15) is 0 Å². The smallest absolute Gasteiger partial charge is 0.331 e. The van der Waals surface area contributed by atoms with Crippen LogP contribution >= 0.6 is 0 Å². The van der Waals surface area contributed by atoms with Crippen molar-refractivity contribution in [1.82, 2.24) is 0 Å². The second-order valence-electron chi connectivity index (χ2n) is 8.29. The number of carbonyl (C=O) groups excluding carboxylic acids is 1. The molecule has 3 aromatic rings. The van der Waals surface area contributed by atoms with Crippen LogP contribution in [0.15, 0.2) is 84.9 Å². The maximum Gasteiger partial charge on any atom is 0.331 e. The van der Waals surface area contributed by atoms with Crippen molar-refractivity contribution in [3.63, 3.8) is 0 Å². The van der Waals surface area contributed by atoms with Gasteiger partial charge in [0.05, 0.1) is 13.2 Å². The van der Waals surface area contributed by atoms with Crippen molar-refractivity contribution in [3.8, 4) is 5.75 Å². The first-order valence-electron chi connectivity index (χ1n) is 10.4. The maximum absolute atomic E-state index is 13.4. The molecule has 3 aromatic carbocycles. The third kappa shape index (κ3) is 6.51. The van der Waals surface area contributed by atoms with E-state index in [2.05, 4.69) is 10.6 Å². The van der Waals surface area contributed by atoms with Crippen molar-refractivity contribution in [3.05, 3.63) is 90.5 Å². The second kappa shape index (κ2) is 10.0. The molecule has 0 aliphatic rings. The molecule has 3 rings (SSSR count). The summed E-state index contributed by atoms with van der Waals surface area (Å²) in [6, 6.07) is 26.1. The molecular formula is C26H30N2O3. The molecule has 0 fully saturated rings. The van der Waals surface area contributed by atoms with Gasteiger partial charge in [0.25, 0.3) is 0 Å². The van der Waals surface area contributed by atoms with Crippen LogP contribution in [0.2, 0.25) is 0 Å². The minimum atomic E-state index is -0.686. The minimum absolute atomic E-state index is 0.340. The Labute approximate surface area is 184 Å². The van der Waals surface area contributed by atoms with E-state index >= 15 is 0 Å². The van der Waals surface area contributed by atoms with E-state index < -0.39 is 17.7 Å². The second-order valence-corrected chi connectivity index (χ2v) is 8.29. The molecule has 5 heteroatoms. The van der Waals surface area contributed by atoms with Crippen molar-refractivity contribution in [2.24, 2.45) is 0 Å². The molecule has 0 spiro atoms. The molecule has 5 nitrogen and oxygen atoms in total. The van der Waals surface area contributed by atoms with E-state index in [9.17, 15) is 4.79 Å². The fourth-order valence-corrected chi connectivity index (χ4v) is 3.27. The normalized spacial score (nSPS) is 13.0. The van der Waals surface area contributed by atoms with Crippen LogP contribution in [-0.2, 0) is 9.53 Å². The van der Waals surface area contributed by atoms with Gasteiger partial charge in [0.1, 0.15) is 17.4 Å². The summed E-state index contributed by atoms with van der Waals surface area (Å²) < 4.78 is 11.2. The molecule has 0 bridgehead atoms. The first-order valence-corrected chi connectivity index (χ1v) is 10.4. The monoisotopic (exact) mass is 418 g/mol. The molecule has 0 radical (unpaired) electrons. The number of anilines is 2. The molecule has 31 heavy (non-hydrogen) atoms. The average molecular weight is 419 g/mol. The quantitative estimate of drug-likeness (QED) is 0.462. The fraction of sp³-hybridized carbons (Fsp3) is 0.269. The van der Waals surface area contributed by atoms with Gasteiger partial charge in [-0.05, 0) is 62.7 Å². The number of nitrogens with one attached hydrogen (secondary N) is 2. The number of carbonyl (C=O) groups is 1. The number of ether oxygens (including phenoxy) is 2. The van der Waals surface area contributed by atoms with E-state index in [0.717, 1.165) is 22.7 Å². The fourth-order valence-electron chi connectivity index (χ4n) is 3.27. The van der Waals surface area contributed by atoms with Gasteiger partial charge in [-0.25, -0.2) is 4.79 Å². The molecule has 0 aromatic heterocycles. The molecule has 0 aliphatic carbocycles. The Morgan fingerprint density at radius 1 is 0.806 bits per heavy atom. The summed E-state index contributed by atoms with van der Waals surface area (Å²) in [5, 5.41) is 6.89. The molecule has 0 unspecified atom stereocenters. The minimum Gasteiger partial charge on any atom is -0.497 e. The summed E-state index contributed by atoms with van der Waals surface area (Å²) >= 11 is 0. The lowest BCUT2D eigenvalue weighted by atomic mass is 9.97. The Hall–Kier alpha value is -3.47. The summed E-state index contributed by atoms with van der Waals surface area (Å²) in [7, 11) is 1.63. The van der Waals surface area contributed by atoms with Gasteiger partial charge in [-0.3, -0.25) is 0 Å². The highest BCUT2D eigenvalue weighted by Crippen LogP contribution is 2.29. The molecule has 2 atom stereocenters. The van der Waals surface area contributed by atoms with Crippen LogP contribution in [0, 0.1) is 0 Å². The molecule has 162 valence electrons. The zero-order valence-electron chi connectivity index (χ0n) is 18.5. The van der Waals surface area contributed by atoms with Crippen LogP contribution in [-0.4, -0.2) is 24.7 Å². The van der Waals surface area contributed by atoms with Crippen molar-refractivity contribution < 1.29 is 14.3 Å². The molecule has 0 heterocycles. The van der Waals surface area contributed by atoms with Crippen molar-refractivity contribution in [2.75, 3.05) is 17.7 Å². The lowest BCUT2D eigenvalue weighted by molar-refractivity contribution is -0.156. The topological polar surface area (TPSA) is 59.6 Å². The van der Waals surface area contributed by atoms with E-state index in [1.54, 1.807) is 7.11 Å². The number of para-hydroxylation sites is 2. The van der Waals surface area contributed by atoms with E-state index in [1.807, 2.05) is 106 Å². The van der Waals surface area contributed by atoms with E-state index in [-0.39, 0.29) is 5.97 Å². The van der Waals surface area contributed by atoms with Crippen LogP contribution in [0.25, 0.3) is 0 Å². The van der Waals surface area contributed by atoms with Gasteiger partial charge in [0.15, 0.2) is 0 Å². The molecule has 0 aliphatic heterocycles. The largest absolute Gasteiger partial charge is 0.497 e. The van der Waals surface area contributed by atoms with E-state index in [4.69, 9.17) is 9.47 Å². The van der Waals surface area contributed by atoms with Gasteiger partial charge >= 0.3 is 5.97 Å². The SMILES string of the molecule is COc1cccc([C@H](Nc2ccccc2)[C@H](Nc2ccccc2)C(=O)OC(C)(C)C)c1. The number of hydrogen-bond donors (Lipinski definition) is 2. The number of methoxy groups -OCH3 is 1. The molecular weight excluding hydrogens is 388 g/mol. The Morgan fingerprint density at radius 2 is 1.39 bits per heavy atom. The average Bonchev–Trinajstić information content (AvgIpc) is 2.76. The molecule has 0 saturated carbocycles. The molecule has 0 saturated heterocycles. The molecule has 2 N–H and O–H groups in total. The summed E-state index contributed by atoms with van der Waals surface area (Å²) in [6.45, 7) is 5.61. The van der Waals surface area contributed by atoms with Gasteiger partial charge < -0.3 is 20.1 Å². The first kappa shape index (κ1) is 22.2. The van der Waals surface area contributed by atoms with E-state index in [0.29, 0.717) is 0 Å². The highest BCUT2D eigenvalue weighted by atomic mass is 16.6. The van der Waals surface area contributed by atoms with Crippen molar-refractivity contribution >= 4 is 17.3 Å². The number of hydrogen-bond acceptors (Lipinski definition) is 5. The number of esters is 1. The first-order chi connectivity index (χ1) is 14.9. The standard InChI is InChI=1S/C26H30N2O3/c1-26(2,3)31-25(29)24(28-21-15-9-6-10-16-21)23(27-20-13-7-5-8-14-20)19-12-11-17-22(18-19)30-4/h5-18,23-24,27-28H,1-4H3/t23-,24-/m0/s1. The summed E-state index contributed by atoms with van der Waals surface area (Å²) in [5.41, 5.74) is 2.03. The zero-order chi connectivity index (χ0) is 22.3. The lowest BCUT2D eigenvalue weighted by Crippen LogP contribution is -2.43. The van der Waals surface area contributed by atoms with Gasteiger partial charge in [0.2, 0.25) is 0 Å². The maximum atomic E-state index is 13.4. The summed E-state index contributed by atoms with van der Waals surface area (Å²) in [5.74, 6) is 0.382. The summed E-state index contributed by atoms with van der Waals surface area (Å²) in [4.78, 5) is 13.4. The van der Waals surface area contributed by atoms with Crippen LogP contribution in [0.1, 0.15) is 32.4 Å². The highest BCUT2D eigenvalue weighted by Gasteiger charge is 2.34. The number of rotatable bonds is 8. The Morgan fingerprint density at radius 3 is 1.94 bits per heavy atom. The van der Waals surface area contributed by atoms with E-state index in [1.165, 1.54) is 0 Å². The third-order valence-corrected chi connectivity index (χ3v) is 4.64. The van der Waals surface area contributed by atoms with Crippen molar-refractivity contribution in [2.45, 2.75) is 38.5 Å². The predicted molar refractivity (Wildman–Crippen MR) is 125 cm³/mol. The Balaban J connectivity index is 2.04. The summed E-state index contributed by atoms with van der Waals surface area (Å²) in [6.07, 6.45) is 0. The van der Waals surface area contributed by atoms with Crippen LogP contribution in [0.3, 0.4) is 0 Å². The molecule has 0 amide bonds. The zero-order valence-corrected chi connectivity index (χ0v) is 18.5. The van der Waals surface area contributed by atoms with Gasteiger partial charge in [-0.1, -0.05) is 48.5 Å². The Kier molecular flexibility index (Phi) is 7.19. The van der Waals surface area contributed by atoms with Crippen LogP contribution in [0.5, 0.6) is 5.75 Å². The van der Waals surface area contributed by atoms with Crippen molar-refractivity contribution in [1.29, 1.82) is 0 Å². The predicted octanol–water partition coefficient (Wildman–Crippen LogP) is 5.67. The van der Waals surface area contributed by atoms with Gasteiger partial charge in [0, 0.05) is 11.4 Å². The van der Waals surface area contributed by atoms with Crippen LogP contribution in [0.4, 0.5) is 11.4 Å². The highest BCUT2D eigenvalue weighted by molar-refractivity contribution is 5.82. The Bertz CT molecular complexity index is 969. The lowest BCUT2D eigenvalue weighted by Gasteiger charge is -2.32. The van der Waals surface area contributed by atoms with Gasteiger partial charge in [-0.15, -0.1) is 0 Å². The third-order valence-electron chi connectivity index (χ3n) is 4.64. The number of benzene rings is 3. The van der Waals surface area contributed by atoms with Crippen LogP contribution < -0.4 is 15.4 Å².